The van der Waals surface area contributed by atoms with Crippen molar-refractivity contribution in [3.05, 3.63) is 59.8 Å². The van der Waals surface area contributed by atoms with Crippen LogP contribution < -0.4 is 15.5 Å². The number of aromatic nitrogens is 3. The van der Waals surface area contributed by atoms with Gasteiger partial charge in [0.1, 0.15) is 17.3 Å². The highest BCUT2D eigenvalue weighted by atomic mass is 19.1. The molecule has 3 aromatic rings. The Morgan fingerprint density at radius 3 is 2.68 bits per heavy atom. The predicted octanol–water partition coefficient (Wildman–Crippen LogP) is 4.76. The molecular weight excluding hydrogens is 481 g/mol. The highest BCUT2D eigenvalue weighted by molar-refractivity contribution is 6.49. The molecule has 2 saturated heterocycles. The van der Waals surface area contributed by atoms with Crippen molar-refractivity contribution in [1.82, 2.24) is 20.1 Å². The number of amides is 1. The number of aryl methyl sites for hydroxylation is 1. The summed E-state index contributed by atoms with van der Waals surface area (Å²) in [7, 11) is 0. The number of nitrogens with zero attached hydrogens (tertiary/aromatic N) is 5. The van der Waals surface area contributed by atoms with Gasteiger partial charge in [-0.3, -0.25) is 14.5 Å². The fraction of sp³-hybridized carbons (Fsp3) is 0.448. The molecule has 0 bridgehead atoms. The van der Waals surface area contributed by atoms with Gasteiger partial charge in [0, 0.05) is 42.5 Å². The van der Waals surface area contributed by atoms with Crippen LogP contribution in [0.25, 0.3) is 11.1 Å². The highest BCUT2D eigenvalue weighted by Crippen LogP contribution is 2.29. The summed E-state index contributed by atoms with van der Waals surface area (Å²) < 4.78 is 17.1. The van der Waals surface area contributed by atoms with Crippen LogP contribution in [0, 0.1) is 12.7 Å². The van der Waals surface area contributed by atoms with Gasteiger partial charge in [-0.1, -0.05) is 6.92 Å². The average Bonchev–Trinajstić information content (AvgIpc) is 3.64. The predicted molar refractivity (Wildman–Crippen MR) is 150 cm³/mol. The number of piperidine rings is 1. The fourth-order valence-corrected chi connectivity index (χ4v) is 5.18. The van der Waals surface area contributed by atoms with Crippen molar-refractivity contribution in [1.29, 1.82) is 0 Å². The molecule has 0 aliphatic carbocycles. The van der Waals surface area contributed by atoms with Crippen molar-refractivity contribution >= 4 is 23.1 Å². The quantitative estimate of drug-likeness (QED) is 0.421. The standard InChI is InChI=1S/C29H36FN7O/c1-3-10-32-28(29(38)35-22-6-7-27(33-18-22)36-13-4-5-14-36)24-16-25(26(30)15-20(24)2)21-17-34-37(19-21)23-8-11-31-12-9-23/h6-7,15-19,23,31H,3-5,8-14H2,1-2H3,(H,35,38). The lowest BCUT2D eigenvalue weighted by Crippen LogP contribution is -2.29. The molecule has 2 fully saturated rings. The second-order valence-corrected chi connectivity index (χ2v) is 10.1. The normalized spacial score (nSPS) is 16.7. The van der Waals surface area contributed by atoms with E-state index in [2.05, 4.69) is 30.6 Å². The maximum Gasteiger partial charge on any atom is 0.274 e. The number of carbonyl (C=O) groups is 1. The summed E-state index contributed by atoms with van der Waals surface area (Å²) in [5.74, 6) is 0.248. The number of rotatable bonds is 8. The number of aliphatic imine (C=N–C) groups is 1. The molecule has 38 heavy (non-hydrogen) atoms. The summed E-state index contributed by atoms with van der Waals surface area (Å²) in [4.78, 5) is 24.9. The molecule has 4 heterocycles. The van der Waals surface area contributed by atoms with E-state index in [1.54, 1.807) is 18.5 Å². The van der Waals surface area contributed by atoms with E-state index in [1.165, 1.54) is 18.9 Å². The van der Waals surface area contributed by atoms with Gasteiger partial charge in [-0.25, -0.2) is 9.37 Å². The van der Waals surface area contributed by atoms with Gasteiger partial charge in [-0.05, 0) is 81.9 Å². The first-order valence-electron chi connectivity index (χ1n) is 13.7. The van der Waals surface area contributed by atoms with E-state index >= 15 is 4.39 Å². The zero-order valence-electron chi connectivity index (χ0n) is 22.2. The van der Waals surface area contributed by atoms with Gasteiger partial charge in [0.2, 0.25) is 0 Å². The third-order valence-corrected chi connectivity index (χ3v) is 7.31. The first-order chi connectivity index (χ1) is 18.5. The van der Waals surface area contributed by atoms with Gasteiger partial charge in [0.25, 0.3) is 5.91 Å². The maximum absolute atomic E-state index is 15.2. The van der Waals surface area contributed by atoms with E-state index in [-0.39, 0.29) is 11.7 Å². The van der Waals surface area contributed by atoms with Crippen LogP contribution in [0.4, 0.5) is 15.9 Å². The first-order valence-corrected chi connectivity index (χ1v) is 13.7. The van der Waals surface area contributed by atoms with Crippen molar-refractivity contribution in [3.8, 4) is 11.1 Å². The molecule has 0 unspecified atom stereocenters. The Kier molecular flexibility index (Phi) is 8.12. The van der Waals surface area contributed by atoms with Gasteiger partial charge >= 0.3 is 0 Å². The lowest BCUT2D eigenvalue weighted by Gasteiger charge is -2.22. The Bertz CT molecular complexity index is 1290. The smallest absolute Gasteiger partial charge is 0.274 e. The van der Waals surface area contributed by atoms with Crippen LogP contribution in [-0.4, -0.2) is 59.1 Å². The number of carbonyl (C=O) groups excluding carboxylic acids is 1. The molecule has 200 valence electrons. The summed E-state index contributed by atoms with van der Waals surface area (Å²) in [6.07, 6.45) is 10.4. The highest BCUT2D eigenvalue weighted by Gasteiger charge is 2.22. The Hall–Kier alpha value is -3.59. The Morgan fingerprint density at radius 1 is 1.18 bits per heavy atom. The van der Waals surface area contributed by atoms with Crippen LogP contribution >= 0.6 is 0 Å². The van der Waals surface area contributed by atoms with Crippen LogP contribution in [0.1, 0.15) is 56.2 Å². The van der Waals surface area contributed by atoms with Crippen molar-refractivity contribution < 1.29 is 9.18 Å². The molecular formula is C29H36FN7O. The SMILES string of the molecule is CCCN=C(C(=O)Nc1ccc(N2CCCC2)nc1)c1cc(-c2cnn(C3CCNCC3)c2)c(F)cc1C. The monoisotopic (exact) mass is 517 g/mol. The minimum atomic E-state index is -0.340. The van der Waals surface area contributed by atoms with Gasteiger partial charge in [-0.2, -0.15) is 5.10 Å². The molecule has 0 saturated carbocycles. The molecule has 0 spiro atoms. The van der Waals surface area contributed by atoms with Crippen LogP contribution in [0.5, 0.6) is 0 Å². The van der Waals surface area contributed by atoms with Crippen LogP contribution in [0.3, 0.4) is 0 Å². The van der Waals surface area contributed by atoms with E-state index in [0.717, 1.165) is 51.3 Å². The minimum absolute atomic E-state index is 0.292. The number of hydrogen-bond acceptors (Lipinski definition) is 6. The van der Waals surface area contributed by atoms with Crippen molar-refractivity contribution in [2.24, 2.45) is 4.99 Å². The molecule has 0 atom stereocenters. The Labute approximate surface area is 223 Å². The second-order valence-electron chi connectivity index (χ2n) is 10.1. The average molecular weight is 518 g/mol. The van der Waals surface area contributed by atoms with Gasteiger partial charge in [0.15, 0.2) is 0 Å². The van der Waals surface area contributed by atoms with Crippen molar-refractivity contribution in [2.75, 3.05) is 42.9 Å². The van der Waals surface area contributed by atoms with Crippen LogP contribution in [0.15, 0.2) is 47.8 Å². The van der Waals surface area contributed by atoms with Gasteiger partial charge < -0.3 is 15.5 Å². The maximum atomic E-state index is 15.2. The molecule has 2 aliphatic heterocycles. The summed E-state index contributed by atoms with van der Waals surface area (Å²) in [5, 5.41) is 10.8. The first kappa shape index (κ1) is 26.0. The lowest BCUT2D eigenvalue weighted by molar-refractivity contribution is -0.110. The topological polar surface area (TPSA) is 87.4 Å². The summed E-state index contributed by atoms with van der Waals surface area (Å²) in [6.45, 7) is 8.23. The lowest BCUT2D eigenvalue weighted by atomic mass is 9.97. The van der Waals surface area contributed by atoms with E-state index in [0.29, 0.717) is 46.2 Å². The number of anilines is 2. The third kappa shape index (κ3) is 5.78. The Morgan fingerprint density at radius 2 is 1.97 bits per heavy atom. The minimum Gasteiger partial charge on any atom is -0.357 e. The molecule has 0 radical (unpaired) electrons. The number of benzene rings is 1. The summed E-state index contributed by atoms with van der Waals surface area (Å²) in [6, 6.07) is 7.32. The van der Waals surface area contributed by atoms with Crippen LogP contribution in [-0.2, 0) is 4.79 Å². The van der Waals surface area contributed by atoms with Crippen molar-refractivity contribution in [3.63, 3.8) is 0 Å². The van der Waals surface area contributed by atoms with Gasteiger partial charge in [0.05, 0.1) is 24.1 Å². The number of hydrogen-bond donors (Lipinski definition) is 2. The zero-order chi connectivity index (χ0) is 26.5. The van der Waals surface area contributed by atoms with Crippen LogP contribution in [0.2, 0.25) is 0 Å². The number of pyridine rings is 1. The zero-order valence-corrected chi connectivity index (χ0v) is 22.2. The van der Waals surface area contributed by atoms with E-state index < -0.39 is 0 Å². The summed E-state index contributed by atoms with van der Waals surface area (Å²) >= 11 is 0. The molecule has 2 N–H and O–H groups in total. The Balaban J connectivity index is 1.40. The van der Waals surface area contributed by atoms with Gasteiger partial charge in [-0.15, -0.1) is 0 Å². The molecule has 1 aromatic carbocycles. The molecule has 9 heteroatoms. The number of halogens is 1. The third-order valence-electron chi connectivity index (χ3n) is 7.31. The molecule has 2 aliphatic rings. The molecule has 5 rings (SSSR count). The number of nitrogens with one attached hydrogen (secondary N) is 2. The largest absolute Gasteiger partial charge is 0.357 e. The second kappa shape index (κ2) is 11.9. The van der Waals surface area contributed by atoms with Crippen molar-refractivity contribution in [2.45, 2.75) is 52.0 Å². The molecule has 1 amide bonds. The fourth-order valence-electron chi connectivity index (χ4n) is 5.18. The summed E-state index contributed by atoms with van der Waals surface area (Å²) in [5.41, 5.74) is 3.28. The van der Waals surface area contributed by atoms with E-state index in [4.69, 9.17) is 0 Å². The van der Waals surface area contributed by atoms with E-state index in [9.17, 15) is 4.79 Å². The van der Waals surface area contributed by atoms with E-state index in [1.807, 2.05) is 36.9 Å². The molecule has 8 nitrogen and oxygen atoms in total. The molecule has 2 aromatic heterocycles.